The van der Waals surface area contributed by atoms with Gasteiger partial charge < -0.3 is 16.4 Å². The number of nitrogen functional groups attached to an aromatic ring is 1. The molecule has 33 heavy (non-hydrogen) atoms. The van der Waals surface area contributed by atoms with Crippen LogP contribution < -0.4 is 16.4 Å². The van der Waals surface area contributed by atoms with Gasteiger partial charge in [0.05, 0.1) is 16.5 Å². The number of nitrogens with two attached hydrogens (primary N) is 1. The SMILES string of the molecule is CC[C@H](C)NC(=O)c1cc(-c2csc(C(=O)N[C@@H](C)c3ccccc3)c2)cn2nc(N)nc12. The largest absolute Gasteiger partial charge is 0.366 e. The number of hydrogen-bond acceptors (Lipinski definition) is 6. The molecule has 0 radical (unpaired) electrons. The molecule has 0 aliphatic carbocycles. The lowest BCUT2D eigenvalue weighted by Gasteiger charge is -2.13. The molecule has 2 atom stereocenters. The monoisotopic (exact) mass is 462 g/mol. The maximum Gasteiger partial charge on any atom is 0.261 e. The molecule has 4 N–H and O–H groups in total. The predicted octanol–water partition coefficient (Wildman–Crippen LogP) is 4.06. The van der Waals surface area contributed by atoms with Gasteiger partial charge in [-0.25, -0.2) is 4.52 Å². The van der Waals surface area contributed by atoms with Crippen LogP contribution in [0.25, 0.3) is 16.8 Å². The first-order valence-electron chi connectivity index (χ1n) is 10.8. The lowest BCUT2D eigenvalue weighted by Crippen LogP contribution is -2.32. The Morgan fingerprint density at radius 3 is 2.58 bits per heavy atom. The topological polar surface area (TPSA) is 114 Å². The average Bonchev–Trinajstić information content (AvgIpc) is 3.45. The smallest absolute Gasteiger partial charge is 0.261 e. The summed E-state index contributed by atoms with van der Waals surface area (Å²) in [6, 6.07) is 13.3. The van der Waals surface area contributed by atoms with E-state index in [1.807, 2.05) is 62.5 Å². The molecule has 0 bridgehead atoms. The van der Waals surface area contributed by atoms with Gasteiger partial charge >= 0.3 is 0 Å². The molecule has 4 rings (SSSR count). The number of amides is 2. The Balaban J connectivity index is 1.62. The molecular formula is C24H26N6O2S. The van der Waals surface area contributed by atoms with Crippen LogP contribution in [0.2, 0.25) is 0 Å². The fraction of sp³-hybridized carbons (Fsp3) is 0.250. The van der Waals surface area contributed by atoms with Gasteiger partial charge in [-0.1, -0.05) is 37.3 Å². The summed E-state index contributed by atoms with van der Waals surface area (Å²) in [4.78, 5) is 30.5. The molecular weight excluding hydrogens is 436 g/mol. The van der Waals surface area contributed by atoms with Gasteiger partial charge in [0.25, 0.3) is 11.8 Å². The summed E-state index contributed by atoms with van der Waals surface area (Å²) >= 11 is 1.35. The van der Waals surface area contributed by atoms with Gasteiger partial charge in [-0.2, -0.15) is 4.98 Å². The number of carbonyl (C=O) groups is 2. The minimum absolute atomic E-state index is 0.0181. The van der Waals surface area contributed by atoms with Crippen molar-refractivity contribution >= 4 is 34.7 Å². The second kappa shape index (κ2) is 9.41. The third-order valence-electron chi connectivity index (χ3n) is 5.49. The van der Waals surface area contributed by atoms with Crippen molar-refractivity contribution in [1.29, 1.82) is 0 Å². The van der Waals surface area contributed by atoms with Gasteiger partial charge in [-0.3, -0.25) is 9.59 Å². The molecule has 0 spiro atoms. The minimum atomic E-state index is -0.242. The van der Waals surface area contributed by atoms with Gasteiger partial charge in [-0.15, -0.1) is 16.4 Å². The predicted molar refractivity (Wildman–Crippen MR) is 130 cm³/mol. The van der Waals surface area contributed by atoms with E-state index in [0.29, 0.717) is 16.1 Å². The molecule has 0 unspecified atom stereocenters. The van der Waals surface area contributed by atoms with Crippen molar-refractivity contribution in [2.75, 3.05) is 5.73 Å². The molecule has 0 aliphatic heterocycles. The number of benzene rings is 1. The molecule has 3 heterocycles. The van der Waals surface area contributed by atoms with Gasteiger partial charge in [0.1, 0.15) is 0 Å². The van der Waals surface area contributed by atoms with Crippen LogP contribution in [-0.4, -0.2) is 32.5 Å². The highest BCUT2D eigenvalue weighted by atomic mass is 32.1. The van der Waals surface area contributed by atoms with Crippen molar-refractivity contribution < 1.29 is 9.59 Å². The number of hydrogen-bond donors (Lipinski definition) is 3. The summed E-state index contributed by atoms with van der Waals surface area (Å²) in [5.74, 6) is -0.304. The van der Waals surface area contributed by atoms with Gasteiger partial charge in [0.15, 0.2) is 5.65 Å². The summed E-state index contributed by atoms with van der Waals surface area (Å²) < 4.78 is 1.51. The van der Waals surface area contributed by atoms with Crippen LogP contribution in [-0.2, 0) is 0 Å². The van der Waals surface area contributed by atoms with Crippen LogP contribution in [0.15, 0.2) is 54.0 Å². The maximum absolute atomic E-state index is 12.9. The van der Waals surface area contributed by atoms with E-state index in [9.17, 15) is 9.59 Å². The second-order valence-corrected chi connectivity index (χ2v) is 8.88. The first-order valence-corrected chi connectivity index (χ1v) is 11.6. The number of thiophene rings is 1. The Labute approximate surface area is 195 Å². The summed E-state index contributed by atoms with van der Waals surface area (Å²) in [6.07, 6.45) is 2.57. The van der Waals surface area contributed by atoms with Gasteiger partial charge in [-0.05, 0) is 48.9 Å². The highest BCUT2D eigenvalue weighted by Crippen LogP contribution is 2.28. The number of carbonyl (C=O) groups excluding carboxylic acids is 2. The van der Waals surface area contributed by atoms with E-state index in [-0.39, 0.29) is 29.8 Å². The molecule has 4 aromatic rings. The van der Waals surface area contributed by atoms with Gasteiger partial charge in [0.2, 0.25) is 5.95 Å². The molecule has 170 valence electrons. The van der Waals surface area contributed by atoms with E-state index in [2.05, 4.69) is 20.7 Å². The lowest BCUT2D eigenvalue weighted by molar-refractivity contribution is 0.0933. The quantitative estimate of drug-likeness (QED) is 0.383. The zero-order chi connectivity index (χ0) is 23.5. The molecule has 9 heteroatoms. The summed E-state index contributed by atoms with van der Waals surface area (Å²) in [5.41, 5.74) is 9.15. The van der Waals surface area contributed by atoms with Gasteiger partial charge in [0, 0.05) is 17.8 Å². The Morgan fingerprint density at radius 2 is 1.85 bits per heavy atom. The Morgan fingerprint density at radius 1 is 1.09 bits per heavy atom. The molecule has 0 saturated carbocycles. The highest BCUT2D eigenvalue weighted by Gasteiger charge is 2.19. The molecule has 3 aromatic heterocycles. The first-order chi connectivity index (χ1) is 15.9. The van der Waals surface area contributed by atoms with E-state index >= 15 is 0 Å². The standard InChI is InChI=1S/C24H26N6O2S/c1-4-14(2)26-22(31)19-10-17(12-30-21(19)28-24(25)29-30)18-11-20(33-13-18)23(32)27-15(3)16-8-6-5-7-9-16/h5-15H,4H2,1-3H3,(H2,25,29)(H,26,31)(H,27,32)/t14-,15-/m0/s1. The van der Waals surface area contributed by atoms with Crippen LogP contribution in [0.5, 0.6) is 0 Å². The average molecular weight is 463 g/mol. The van der Waals surface area contributed by atoms with E-state index in [1.165, 1.54) is 15.9 Å². The Bertz CT molecular complexity index is 1300. The lowest BCUT2D eigenvalue weighted by atomic mass is 10.1. The minimum Gasteiger partial charge on any atom is -0.366 e. The zero-order valence-corrected chi connectivity index (χ0v) is 19.5. The van der Waals surface area contributed by atoms with E-state index in [4.69, 9.17) is 5.73 Å². The number of anilines is 1. The number of aromatic nitrogens is 3. The number of rotatable bonds is 7. The molecule has 0 saturated heterocycles. The fourth-order valence-corrected chi connectivity index (χ4v) is 4.25. The molecule has 0 aliphatic rings. The number of nitrogens with one attached hydrogen (secondary N) is 2. The number of fused-ring (bicyclic) bond motifs is 1. The number of nitrogens with zero attached hydrogens (tertiary/aromatic N) is 3. The zero-order valence-electron chi connectivity index (χ0n) is 18.7. The van der Waals surface area contributed by atoms with E-state index in [1.54, 1.807) is 12.3 Å². The molecule has 8 nitrogen and oxygen atoms in total. The Hall–Kier alpha value is -3.72. The molecule has 1 aromatic carbocycles. The van der Waals surface area contributed by atoms with E-state index < -0.39 is 0 Å². The van der Waals surface area contributed by atoms with Crippen LogP contribution in [0.1, 0.15) is 58.8 Å². The molecule has 2 amide bonds. The van der Waals surface area contributed by atoms with Crippen LogP contribution in [0.4, 0.5) is 5.95 Å². The summed E-state index contributed by atoms with van der Waals surface area (Å²) in [5, 5.41) is 12.1. The van der Waals surface area contributed by atoms with E-state index in [0.717, 1.165) is 23.1 Å². The van der Waals surface area contributed by atoms with Crippen molar-refractivity contribution in [2.24, 2.45) is 0 Å². The number of pyridine rings is 1. The van der Waals surface area contributed by atoms with Crippen LogP contribution in [0, 0.1) is 0 Å². The Kier molecular flexibility index (Phi) is 6.41. The highest BCUT2D eigenvalue weighted by molar-refractivity contribution is 7.12. The summed E-state index contributed by atoms with van der Waals surface area (Å²) in [6.45, 7) is 5.90. The fourth-order valence-electron chi connectivity index (χ4n) is 3.43. The first kappa shape index (κ1) is 22.5. The van der Waals surface area contributed by atoms with Crippen molar-refractivity contribution in [2.45, 2.75) is 39.3 Å². The third-order valence-corrected chi connectivity index (χ3v) is 6.42. The van der Waals surface area contributed by atoms with Crippen LogP contribution >= 0.6 is 11.3 Å². The van der Waals surface area contributed by atoms with Crippen molar-refractivity contribution in [3.05, 3.63) is 70.0 Å². The van der Waals surface area contributed by atoms with Crippen molar-refractivity contribution in [1.82, 2.24) is 25.2 Å². The molecule has 0 fully saturated rings. The normalized spacial score (nSPS) is 12.9. The second-order valence-electron chi connectivity index (χ2n) is 7.97. The maximum atomic E-state index is 12.9. The van der Waals surface area contributed by atoms with Crippen molar-refractivity contribution in [3.63, 3.8) is 0 Å². The van der Waals surface area contributed by atoms with Crippen molar-refractivity contribution in [3.8, 4) is 11.1 Å². The summed E-state index contributed by atoms with van der Waals surface area (Å²) in [7, 11) is 0. The third kappa shape index (κ3) is 4.88. The van der Waals surface area contributed by atoms with Crippen LogP contribution in [0.3, 0.4) is 0 Å².